The number of hydrogen-bond donors (Lipinski definition) is 1. The molecule has 3 rings (SSSR count). The van der Waals surface area contributed by atoms with E-state index in [0.29, 0.717) is 18.9 Å². The van der Waals surface area contributed by atoms with E-state index in [-0.39, 0.29) is 38.0 Å². The summed E-state index contributed by atoms with van der Waals surface area (Å²) in [6, 6.07) is 1.06. The molecule has 1 N–H and O–H groups in total. The van der Waals surface area contributed by atoms with Crippen LogP contribution in [0.5, 0.6) is 0 Å². The van der Waals surface area contributed by atoms with Crippen LogP contribution in [-0.4, -0.2) is 59.7 Å². The summed E-state index contributed by atoms with van der Waals surface area (Å²) >= 11 is 0. The maximum Gasteiger partial charge on any atom is 0.257 e. The Morgan fingerprint density at radius 1 is 1.00 bits per heavy atom. The number of nitrogens with one attached hydrogen (secondary N) is 1. The highest BCUT2D eigenvalue weighted by Crippen LogP contribution is 2.18. The number of carbonyl (C=O) groups is 3. The van der Waals surface area contributed by atoms with Crippen LogP contribution in [0.3, 0.4) is 0 Å². The summed E-state index contributed by atoms with van der Waals surface area (Å²) in [7, 11) is 0. The van der Waals surface area contributed by atoms with Crippen molar-refractivity contribution < 1.29 is 27.6 Å². The molecule has 0 aliphatic carbocycles. The summed E-state index contributed by atoms with van der Waals surface area (Å²) in [5.41, 5.74) is -0.540. The molecule has 2 aliphatic heterocycles. The Bertz CT molecular complexity index is 733. The minimum absolute atomic E-state index is 0.143. The molecule has 0 aromatic heterocycles. The van der Waals surface area contributed by atoms with Crippen LogP contribution in [0.1, 0.15) is 23.2 Å². The number of hydrogen-bond acceptors (Lipinski definition) is 3. The van der Waals surface area contributed by atoms with E-state index in [4.69, 9.17) is 0 Å². The van der Waals surface area contributed by atoms with Crippen LogP contribution >= 0.6 is 0 Å². The van der Waals surface area contributed by atoms with Crippen LogP contribution in [0.2, 0.25) is 0 Å². The lowest BCUT2D eigenvalue weighted by atomic mass is 10.1. The third-order valence-electron chi connectivity index (χ3n) is 4.44. The summed E-state index contributed by atoms with van der Waals surface area (Å²) in [5.74, 6) is -5.69. The lowest BCUT2D eigenvalue weighted by Gasteiger charge is -2.36. The number of halogens is 3. The van der Waals surface area contributed by atoms with Crippen LogP contribution in [0.15, 0.2) is 12.1 Å². The Morgan fingerprint density at radius 3 is 2.24 bits per heavy atom. The van der Waals surface area contributed by atoms with E-state index in [2.05, 4.69) is 5.32 Å². The molecule has 0 spiro atoms. The average molecular weight is 355 g/mol. The van der Waals surface area contributed by atoms with E-state index in [1.165, 1.54) is 9.80 Å². The van der Waals surface area contributed by atoms with E-state index in [9.17, 15) is 27.6 Å². The fraction of sp³-hybridized carbons (Fsp3) is 0.438. The van der Waals surface area contributed by atoms with Crippen LogP contribution in [0, 0.1) is 17.5 Å². The summed E-state index contributed by atoms with van der Waals surface area (Å²) in [6.07, 6.45) is 0.751. The minimum Gasteiger partial charge on any atom is -0.344 e. The van der Waals surface area contributed by atoms with Crippen LogP contribution in [-0.2, 0) is 9.59 Å². The van der Waals surface area contributed by atoms with Gasteiger partial charge in [0, 0.05) is 32.6 Å². The zero-order valence-electron chi connectivity index (χ0n) is 13.2. The van der Waals surface area contributed by atoms with E-state index < -0.39 is 35.0 Å². The molecule has 0 radical (unpaired) electrons. The predicted octanol–water partition coefficient (Wildman–Crippen LogP) is 0.667. The van der Waals surface area contributed by atoms with Gasteiger partial charge in [-0.05, 0) is 18.6 Å². The van der Waals surface area contributed by atoms with Gasteiger partial charge in [-0.15, -0.1) is 0 Å². The molecule has 1 atom stereocenters. The zero-order valence-corrected chi connectivity index (χ0v) is 13.2. The Balaban J connectivity index is 1.62. The van der Waals surface area contributed by atoms with E-state index in [1.807, 2.05) is 0 Å². The number of amides is 3. The minimum atomic E-state index is -1.68. The molecule has 0 bridgehead atoms. The molecule has 1 unspecified atom stereocenters. The highest BCUT2D eigenvalue weighted by molar-refractivity contribution is 5.95. The van der Waals surface area contributed by atoms with Gasteiger partial charge in [0.05, 0.1) is 5.56 Å². The first-order valence-electron chi connectivity index (χ1n) is 7.89. The quantitative estimate of drug-likeness (QED) is 0.793. The van der Waals surface area contributed by atoms with Crippen molar-refractivity contribution in [1.82, 2.24) is 15.1 Å². The molecule has 3 amide bonds. The fourth-order valence-corrected chi connectivity index (χ4v) is 3.01. The Kier molecular flexibility index (Phi) is 4.65. The molecule has 2 heterocycles. The Morgan fingerprint density at radius 2 is 1.64 bits per heavy atom. The predicted molar refractivity (Wildman–Crippen MR) is 80.0 cm³/mol. The summed E-state index contributed by atoms with van der Waals surface area (Å²) in [4.78, 5) is 38.6. The second kappa shape index (κ2) is 6.73. The van der Waals surface area contributed by atoms with Gasteiger partial charge >= 0.3 is 0 Å². The lowest BCUT2D eigenvalue weighted by Crippen LogP contribution is -2.54. The van der Waals surface area contributed by atoms with Gasteiger partial charge in [-0.1, -0.05) is 0 Å². The topological polar surface area (TPSA) is 69.7 Å². The zero-order chi connectivity index (χ0) is 18.1. The Labute approximate surface area is 141 Å². The van der Waals surface area contributed by atoms with Gasteiger partial charge in [-0.3, -0.25) is 14.4 Å². The van der Waals surface area contributed by atoms with Crippen molar-refractivity contribution in [3.8, 4) is 0 Å². The van der Waals surface area contributed by atoms with Gasteiger partial charge in [0.2, 0.25) is 11.8 Å². The smallest absolute Gasteiger partial charge is 0.257 e. The van der Waals surface area contributed by atoms with E-state index in [0.717, 1.165) is 6.07 Å². The normalized spacial score (nSPS) is 20.6. The van der Waals surface area contributed by atoms with Crippen molar-refractivity contribution in [1.29, 1.82) is 0 Å². The third-order valence-corrected chi connectivity index (χ3v) is 4.44. The van der Waals surface area contributed by atoms with Gasteiger partial charge < -0.3 is 15.1 Å². The Hall–Kier alpha value is -2.58. The molecule has 2 aliphatic rings. The van der Waals surface area contributed by atoms with Gasteiger partial charge in [0.15, 0.2) is 17.5 Å². The highest BCUT2D eigenvalue weighted by atomic mass is 19.2. The SMILES string of the molecule is O=C1CCC(C(=O)N2CCN(C(=O)c3ccc(F)c(F)c3F)CC2)N1. The number of rotatable bonds is 2. The van der Waals surface area contributed by atoms with Crippen molar-refractivity contribution in [3.63, 3.8) is 0 Å². The lowest BCUT2D eigenvalue weighted by molar-refractivity contribution is -0.135. The number of benzene rings is 1. The monoisotopic (exact) mass is 355 g/mol. The van der Waals surface area contributed by atoms with Crippen LogP contribution in [0.4, 0.5) is 13.2 Å². The molecule has 1 aromatic rings. The largest absolute Gasteiger partial charge is 0.344 e. The van der Waals surface area contributed by atoms with Crippen molar-refractivity contribution in [2.24, 2.45) is 0 Å². The average Bonchev–Trinajstić information content (AvgIpc) is 3.05. The molecule has 1 aromatic carbocycles. The van der Waals surface area contributed by atoms with Crippen LogP contribution < -0.4 is 5.32 Å². The molecule has 134 valence electrons. The molecular weight excluding hydrogens is 339 g/mol. The maximum absolute atomic E-state index is 13.7. The van der Waals surface area contributed by atoms with Crippen molar-refractivity contribution >= 4 is 17.7 Å². The van der Waals surface area contributed by atoms with Crippen molar-refractivity contribution in [2.45, 2.75) is 18.9 Å². The molecule has 2 saturated heterocycles. The van der Waals surface area contributed by atoms with Crippen LogP contribution in [0.25, 0.3) is 0 Å². The van der Waals surface area contributed by atoms with E-state index >= 15 is 0 Å². The molecular formula is C16H16F3N3O3. The molecule has 6 nitrogen and oxygen atoms in total. The van der Waals surface area contributed by atoms with E-state index in [1.54, 1.807) is 0 Å². The maximum atomic E-state index is 13.7. The third kappa shape index (κ3) is 3.31. The van der Waals surface area contributed by atoms with Gasteiger partial charge in [-0.2, -0.15) is 0 Å². The summed E-state index contributed by atoms with van der Waals surface area (Å²) in [5, 5.41) is 2.59. The van der Waals surface area contributed by atoms with Crippen molar-refractivity contribution in [3.05, 3.63) is 35.1 Å². The summed E-state index contributed by atoms with van der Waals surface area (Å²) < 4.78 is 40.0. The molecule has 2 fully saturated rings. The number of nitrogens with zero attached hydrogens (tertiary/aromatic N) is 2. The molecule has 25 heavy (non-hydrogen) atoms. The van der Waals surface area contributed by atoms with Gasteiger partial charge in [-0.25, -0.2) is 13.2 Å². The first kappa shape index (κ1) is 17.2. The second-order valence-corrected chi connectivity index (χ2v) is 6.00. The number of carbonyl (C=O) groups excluding carboxylic acids is 3. The first-order valence-corrected chi connectivity index (χ1v) is 7.89. The van der Waals surface area contributed by atoms with Crippen molar-refractivity contribution in [2.75, 3.05) is 26.2 Å². The second-order valence-electron chi connectivity index (χ2n) is 6.00. The van der Waals surface area contributed by atoms with Gasteiger partial charge in [0.25, 0.3) is 5.91 Å². The van der Waals surface area contributed by atoms with Gasteiger partial charge in [0.1, 0.15) is 6.04 Å². The first-order chi connectivity index (χ1) is 11.9. The molecule has 9 heteroatoms. The standard InChI is InChI=1S/C16H16F3N3O3/c17-10-2-1-9(13(18)14(10)19)15(24)21-5-7-22(8-6-21)16(25)11-3-4-12(23)20-11/h1-2,11H,3-8H2,(H,20,23). The highest BCUT2D eigenvalue weighted by Gasteiger charge is 2.33. The molecule has 0 saturated carbocycles. The fourth-order valence-electron chi connectivity index (χ4n) is 3.01. The summed E-state index contributed by atoms with van der Waals surface area (Å²) in [6.45, 7) is 0.734. The number of piperazine rings is 1.